The number of aliphatic hydroxyl groups is 1. The highest BCUT2D eigenvalue weighted by Crippen LogP contribution is 2.46. The number of benzene rings is 1. The zero-order valence-electron chi connectivity index (χ0n) is 18.5. The summed E-state index contributed by atoms with van der Waals surface area (Å²) in [5.41, 5.74) is 9.37. The van der Waals surface area contributed by atoms with Gasteiger partial charge in [-0.05, 0) is 37.0 Å². The topological polar surface area (TPSA) is 106 Å². The lowest BCUT2D eigenvalue weighted by Gasteiger charge is -2.35. The highest BCUT2D eigenvalue weighted by molar-refractivity contribution is 8.03. The summed E-state index contributed by atoms with van der Waals surface area (Å²) >= 11 is 8.06. The average Bonchev–Trinajstić information content (AvgIpc) is 3.40. The van der Waals surface area contributed by atoms with Crippen LogP contribution in [0.15, 0.2) is 62.7 Å². The molecule has 3 heterocycles. The van der Waals surface area contributed by atoms with Crippen molar-refractivity contribution in [3.63, 3.8) is 0 Å². The summed E-state index contributed by atoms with van der Waals surface area (Å²) in [6.07, 6.45) is 4.37. The molecule has 4 atom stereocenters. The number of alkyl halides is 1. The van der Waals surface area contributed by atoms with Crippen LogP contribution in [0.25, 0.3) is 0 Å². The number of halogens is 3. The number of hydrogen-bond donors (Lipinski definition) is 4. The van der Waals surface area contributed by atoms with Gasteiger partial charge in [-0.15, -0.1) is 11.8 Å². The number of allylic oxidation sites excluding steroid dienone is 2. The van der Waals surface area contributed by atoms with Crippen molar-refractivity contribution in [3.8, 4) is 0 Å². The molecule has 0 bridgehead atoms. The number of thioether (sulfide) groups is 1. The zero-order chi connectivity index (χ0) is 24.5. The van der Waals surface area contributed by atoms with Gasteiger partial charge >= 0.3 is 0 Å². The molecule has 1 aromatic carbocycles. The molecule has 0 aromatic heterocycles. The van der Waals surface area contributed by atoms with E-state index >= 15 is 0 Å². The van der Waals surface area contributed by atoms with Gasteiger partial charge in [0.1, 0.15) is 23.3 Å². The van der Waals surface area contributed by atoms with E-state index < -0.39 is 23.8 Å². The standard InChI is InChI=1S/C23H26ClF2N5O2S/c1-13(25)28-7-6-17(27)20-18-10-23(32,11-29-33)12-31(18)22(19-3-2-8-34-19)30-21(20)15-5-4-14(26)9-16(15)24/h2,4-9,13,19,21,29,32-33H,3,10-12,27H2,1H3/t13?,19?,21-,23+/m0/s1. The fourth-order valence-electron chi connectivity index (χ4n) is 4.42. The first-order valence-corrected chi connectivity index (χ1v) is 12.1. The number of nitrogens with zero attached hydrogens (tertiary/aromatic N) is 3. The molecule has 0 radical (unpaired) electrons. The molecule has 1 aromatic rings. The molecule has 0 aliphatic carbocycles. The lowest BCUT2D eigenvalue weighted by Crippen LogP contribution is -2.45. The Kier molecular flexibility index (Phi) is 7.44. The van der Waals surface area contributed by atoms with Crippen LogP contribution in [0, 0.1) is 5.82 Å². The Bertz CT molecular complexity index is 1100. The minimum Gasteiger partial charge on any atom is -0.398 e. The van der Waals surface area contributed by atoms with Crippen LogP contribution >= 0.6 is 23.4 Å². The van der Waals surface area contributed by atoms with Crippen molar-refractivity contribution >= 4 is 35.4 Å². The summed E-state index contributed by atoms with van der Waals surface area (Å²) in [4.78, 5) is 10.7. The first kappa shape index (κ1) is 24.9. The number of amidine groups is 1. The molecule has 2 unspecified atom stereocenters. The quantitative estimate of drug-likeness (QED) is 0.253. The third-order valence-electron chi connectivity index (χ3n) is 5.90. The fourth-order valence-corrected chi connectivity index (χ4v) is 5.63. The van der Waals surface area contributed by atoms with Crippen molar-refractivity contribution in [1.29, 1.82) is 0 Å². The maximum absolute atomic E-state index is 13.8. The van der Waals surface area contributed by atoms with E-state index in [4.69, 9.17) is 22.3 Å². The zero-order valence-corrected chi connectivity index (χ0v) is 20.0. The lowest BCUT2D eigenvalue weighted by atomic mass is 9.90. The van der Waals surface area contributed by atoms with Gasteiger partial charge in [-0.2, -0.15) is 0 Å². The van der Waals surface area contributed by atoms with Gasteiger partial charge in [0, 0.05) is 40.2 Å². The molecule has 34 heavy (non-hydrogen) atoms. The monoisotopic (exact) mass is 509 g/mol. The number of fused-ring (bicyclic) bond motifs is 1. The van der Waals surface area contributed by atoms with Gasteiger partial charge in [0.25, 0.3) is 0 Å². The Hall–Kier alpha value is -2.24. The van der Waals surface area contributed by atoms with Crippen LogP contribution in [0.1, 0.15) is 31.4 Å². The summed E-state index contributed by atoms with van der Waals surface area (Å²) in [5, 5.41) is 22.7. The number of hydrogen-bond acceptors (Lipinski definition) is 8. The Morgan fingerprint density at radius 2 is 2.32 bits per heavy atom. The lowest BCUT2D eigenvalue weighted by molar-refractivity contribution is 0.0148. The van der Waals surface area contributed by atoms with Gasteiger partial charge in [0.05, 0.1) is 18.3 Å². The minimum absolute atomic E-state index is 0.0156. The van der Waals surface area contributed by atoms with Crippen molar-refractivity contribution in [2.75, 3.05) is 13.1 Å². The predicted molar refractivity (Wildman–Crippen MR) is 131 cm³/mol. The Morgan fingerprint density at radius 1 is 1.53 bits per heavy atom. The van der Waals surface area contributed by atoms with Gasteiger partial charge in [-0.3, -0.25) is 9.98 Å². The Labute approximate surface area is 205 Å². The van der Waals surface area contributed by atoms with Gasteiger partial charge < -0.3 is 20.9 Å². The second-order valence-electron chi connectivity index (χ2n) is 8.46. The minimum atomic E-state index is -1.39. The normalized spacial score (nSPS) is 28.1. The molecule has 5 N–H and O–H groups in total. The number of rotatable bonds is 7. The van der Waals surface area contributed by atoms with E-state index in [9.17, 15) is 19.1 Å². The average molecular weight is 510 g/mol. The molecule has 4 rings (SSSR count). The molecule has 7 nitrogen and oxygen atoms in total. The van der Waals surface area contributed by atoms with Gasteiger partial charge in [0.2, 0.25) is 0 Å². The molecule has 0 saturated carbocycles. The molecule has 3 aliphatic heterocycles. The third kappa shape index (κ3) is 5.06. The smallest absolute Gasteiger partial charge is 0.187 e. The second-order valence-corrected chi connectivity index (χ2v) is 9.99. The first-order valence-electron chi connectivity index (χ1n) is 10.8. The molecule has 1 saturated heterocycles. The second kappa shape index (κ2) is 10.2. The van der Waals surface area contributed by atoms with Crippen molar-refractivity contribution in [3.05, 3.63) is 69.1 Å². The van der Waals surface area contributed by atoms with Gasteiger partial charge in [-0.25, -0.2) is 14.3 Å². The van der Waals surface area contributed by atoms with Crippen LogP contribution in [0.4, 0.5) is 8.78 Å². The molecular formula is C23H26ClF2N5O2S. The summed E-state index contributed by atoms with van der Waals surface area (Å²) in [7, 11) is 0. The van der Waals surface area contributed by atoms with E-state index in [-0.39, 0.29) is 35.5 Å². The van der Waals surface area contributed by atoms with E-state index in [1.165, 1.54) is 31.3 Å². The van der Waals surface area contributed by atoms with Crippen LogP contribution < -0.4 is 11.2 Å². The molecule has 182 valence electrons. The summed E-state index contributed by atoms with van der Waals surface area (Å²) in [6, 6.07) is 3.43. The fraction of sp³-hybridized carbons (Fsp3) is 0.391. The Morgan fingerprint density at radius 3 is 2.97 bits per heavy atom. The van der Waals surface area contributed by atoms with Crippen molar-refractivity contribution in [1.82, 2.24) is 10.4 Å². The highest BCUT2D eigenvalue weighted by Gasteiger charge is 2.47. The van der Waals surface area contributed by atoms with E-state index in [0.29, 0.717) is 11.1 Å². The molecule has 11 heteroatoms. The number of nitrogens with one attached hydrogen (secondary N) is 1. The van der Waals surface area contributed by atoms with E-state index in [1.807, 2.05) is 10.3 Å². The van der Waals surface area contributed by atoms with Gasteiger partial charge in [0.15, 0.2) is 6.30 Å². The van der Waals surface area contributed by atoms with Crippen LogP contribution in [0.2, 0.25) is 5.02 Å². The maximum Gasteiger partial charge on any atom is 0.187 e. The van der Waals surface area contributed by atoms with Gasteiger partial charge in [-0.1, -0.05) is 23.7 Å². The van der Waals surface area contributed by atoms with E-state index in [1.54, 1.807) is 17.8 Å². The summed E-state index contributed by atoms with van der Waals surface area (Å²) in [6.45, 7) is 1.44. The highest BCUT2D eigenvalue weighted by atomic mass is 35.5. The third-order valence-corrected chi connectivity index (χ3v) is 7.30. The van der Waals surface area contributed by atoms with Crippen LogP contribution in [0.5, 0.6) is 0 Å². The number of nitrogens with two attached hydrogens (primary N) is 1. The molecule has 3 aliphatic rings. The molecule has 1 fully saturated rings. The molecular weight excluding hydrogens is 484 g/mol. The van der Waals surface area contributed by atoms with Crippen molar-refractivity contribution in [2.45, 2.75) is 43.0 Å². The van der Waals surface area contributed by atoms with Crippen LogP contribution in [-0.4, -0.2) is 57.5 Å². The van der Waals surface area contributed by atoms with Crippen molar-refractivity contribution in [2.24, 2.45) is 15.7 Å². The molecule has 0 spiro atoms. The first-order chi connectivity index (χ1) is 16.2. The van der Waals surface area contributed by atoms with Crippen LogP contribution in [-0.2, 0) is 0 Å². The summed E-state index contributed by atoms with van der Waals surface area (Å²) < 4.78 is 27.0. The molecule has 0 amide bonds. The maximum atomic E-state index is 13.8. The van der Waals surface area contributed by atoms with Crippen LogP contribution in [0.3, 0.4) is 0 Å². The number of aliphatic imine (C=N–C) groups is 2. The van der Waals surface area contributed by atoms with E-state index in [2.05, 4.69) is 16.5 Å². The van der Waals surface area contributed by atoms with E-state index in [0.717, 1.165) is 18.0 Å². The van der Waals surface area contributed by atoms with Crippen molar-refractivity contribution < 1.29 is 19.1 Å². The summed E-state index contributed by atoms with van der Waals surface area (Å²) in [5.74, 6) is 0.267. The largest absolute Gasteiger partial charge is 0.398 e. The predicted octanol–water partition coefficient (Wildman–Crippen LogP) is 3.85. The SMILES string of the molecule is CC(F)N=CC=C(N)C1=C2C[C@@](O)(CNO)CN2C(C2CC=CS2)=N[C@H]1c1ccc(F)cc1Cl. The Balaban J connectivity index is 1.89. The number of hydroxylamine groups is 1.